The van der Waals surface area contributed by atoms with E-state index in [9.17, 15) is 0 Å². The van der Waals surface area contributed by atoms with Gasteiger partial charge in [0.1, 0.15) is 0 Å². The Morgan fingerprint density at radius 3 is 2.79 bits per heavy atom. The maximum atomic E-state index is 5.67. The van der Waals surface area contributed by atoms with Crippen LogP contribution >= 0.6 is 11.3 Å². The van der Waals surface area contributed by atoms with Crippen LogP contribution in [0.25, 0.3) is 0 Å². The summed E-state index contributed by atoms with van der Waals surface area (Å²) >= 11 is 1.74. The second-order valence-electron chi connectivity index (χ2n) is 4.97. The van der Waals surface area contributed by atoms with Crippen molar-refractivity contribution in [1.29, 1.82) is 0 Å². The molecule has 0 amide bonds. The van der Waals surface area contributed by atoms with E-state index in [2.05, 4.69) is 36.5 Å². The highest BCUT2D eigenvalue weighted by molar-refractivity contribution is 7.09. The summed E-state index contributed by atoms with van der Waals surface area (Å²) in [6.07, 6.45) is 5.62. The van der Waals surface area contributed by atoms with Crippen molar-refractivity contribution < 1.29 is 4.74 Å². The van der Waals surface area contributed by atoms with Gasteiger partial charge in [0.25, 0.3) is 0 Å². The van der Waals surface area contributed by atoms with Crippen LogP contribution in [0.1, 0.15) is 50.2 Å². The Kier molecular flexibility index (Phi) is 9.05. The van der Waals surface area contributed by atoms with Gasteiger partial charge in [0.05, 0.1) is 10.7 Å². The van der Waals surface area contributed by atoms with Crippen LogP contribution in [-0.2, 0) is 11.2 Å². The first-order valence-corrected chi connectivity index (χ1v) is 8.36. The van der Waals surface area contributed by atoms with E-state index >= 15 is 0 Å². The molecule has 0 aromatic carbocycles. The highest BCUT2D eigenvalue weighted by Gasteiger charge is 2.10. The van der Waals surface area contributed by atoms with Crippen LogP contribution in [0.2, 0.25) is 0 Å². The second-order valence-corrected chi connectivity index (χ2v) is 6.03. The number of hydrogen-bond donors (Lipinski definition) is 1. The lowest BCUT2D eigenvalue weighted by atomic mass is 10.1. The lowest BCUT2D eigenvalue weighted by molar-refractivity contribution is 0.121. The van der Waals surface area contributed by atoms with Crippen molar-refractivity contribution in [3.05, 3.63) is 16.1 Å². The summed E-state index contributed by atoms with van der Waals surface area (Å²) in [6.45, 7) is 9.28. The van der Waals surface area contributed by atoms with E-state index in [1.165, 1.54) is 25.0 Å². The van der Waals surface area contributed by atoms with Gasteiger partial charge in [-0.1, -0.05) is 20.3 Å². The molecule has 0 aliphatic rings. The number of aryl methyl sites for hydroxylation is 1. The molecule has 1 N–H and O–H groups in total. The molecule has 4 heteroatoms. The van der Waals surface area contributed by atoms with Crippen LogP contribution in [0.15, 0.2) is 5.38 Å². The first-order chi connectivity index (χ1) is 9.26. The lowest BCUT2D eigenvalue weighted by Gasteiger charge is -2.17. The lowest BCUT2D eigenvalue weighted by Crippen LogP contribution is -2.33. The summed E-state index contributed by atoms with van der Waals surface area (Å²) in [5.74, 6) is 0. The minimum Gasteiger partial charge on any atom is -0.381 e. The number of nitrogens with one attached hydrogen (secondary N) is 1. The van der Waals surface area contributed by atoms with E-state index in [-0.39, 0.29) is 0 Å². The van der Waals surface area contributed by atoms with Gasteiger partial charge in [-0.15, -0.1) is 11.3 Å². The topological polar surface area (TPSA) is 34.1 Å². The van der Waals surface area contributed by atoms with Crippen molar-refractivity contribution in [2.24, 2.45) is 0 Å². The van der Waals surface area contributed by atoms with Crippen LogP contribution in [0.3, 0.4) is 0 Å². The molecule has 1 unspecified atom stereocenters. The normalized spacial score (nSPS) is 12.8. The van der Waals surface area contributed by atoms with Gasteiger partial charge in [-0.05, 0) is 32.7 Å². The van der Waals surface area contributed by atoms with E-state index in [4.69, 9.17) is 4.74 Å². The summed E-state index contributed by atoms with van der Waals surface area (Å²) in [5.41, 5.74) is 1.21. The molecule has 1 aromatic rings. The molecule has 0 aliphatic carbocycles. The molecule has 1 aromatic heterocycles. The molecule has 0 spiro atoms. The van der Waals surface area contributed by atoms with Crippen molar-refractivity contribution >= 4 is 11.3 Å². The van der Waals surface area contributed by atoms with Gasteiger partial charge < -0.3 is 10.1 Å². The number of hydrogen-bond acceptors (Lipinski definition) is 4. The third kappa shape index (κ3) is 7.65. The molecule has 3 nitrogen and oxygen atoms in total. The Morgan fingerprint density at radius 1 is 1.32 bits per heavy atom. The van der Waals surface area contributed by atoms with Gasteiger partial charge >= 0.3 is 0 Å². The minimum atomic E-state index is 0.489. The summed E-state index contributed by atoms with van der Waals surface area (Å²) in [6, 6.07) is 0.489. The molecule has 0 saturated heterocycles. The fourth-order valence-corrected chi connectivity index (χ4v) is 2.58. The zero-order valence-electron chi connectivity index (χ0n) is 12.6. The Labute approximate surface area is 121 Å². The average molecular weight is 284 g/mol. The first-order valence-electron chi connectivity index (χ1n) is 7.48. The number of nitrogens with zero attached hydrogens (tertiary/aromatic N) is 1. The number of unbranched alkanes of at least 4 members (excludes halogenated alkanes) is 1. The highest BCUT2D eigenvalue weighted by atomic mass is 32.1. The molecular weight excluding hydrogens is 256 g/mol. The molecule has 1 atom stereocenters. The maximum Gasteiger partial charge on any atom is 0.0897 e. The van der Waals surface area contributed by atoms with Crippen LogP contribution in [-0.4, -0.2) is 30.8 Å². The van der Waals surface area contributed by atoms with Crippen LogP contribution in [0, 0.1) is 6.92 Å². The van der Waals surface area contributed by atoms with Crippen molar-refractivity contribution in [2.45, 2.75) is 58.9 Å². The predicted octanol–water partition coefficient (Wildman–Crippen LogP) is 3.57. The van der Waals surface area contributed by atoms with E-state index in [1.54, 1.807) is 11.3 Å². The fourth-order valence-electron chi connectivity index (χ4n) is 1.95. The van der Waals surface area contributed by atoms with Crippen molar-refractivity contribution in [2.75, 3.05) is 19.8 Å². The van der Waals surface area contributed by atoms with Crippen LogP contribution in [0.5, 0.6) is 0 Å². The van der Waals surface area contributed by atoms with Gasteiger partial charge in [0, 0.05) is 31.1 Å². The third-order valence-corrected chi connectivity index (χ3v) is 3.88. The van der Waals surface area contributed by atoms with E-state index in [0.717, 1.165) is 37.6 Å². The molecule has 19 heavy (non-hydrogen) atoms. The molecule has 0 bridgehead atoms. The Bertz CT molecular complexity index is 328. The largest absolute Gasteiger partial charge is 0.381 e. The number of rotatable bonds is 11. The quantitative estimate of drug-likeness (QED) is 0.631. The molecule has 1 rings (SSSR count). The van der Waals surface area contributed by atoms with Gasteiger partial charge in [0.15, 0.2) is 0 Å². The minimum absolute atomic E-state index is 0.489. The van der Waals surface area contributed by atoms with Gasteiger partial charge in [0.2, 0.25) is 0 Å². The summed E-state index contributed by atoms with van der Waals surface area (Å²) in [5, 5.41) is 6.93. The van der Waals surface area contributed by atoms with Gasteiger partial charge in [-0.2, -0.15) is 0 Å². The molecule has 0 saturated carbocycles. The monoisotopic (exact) mass is 284 g/mol. The smallest absolute Gasteiger partial charge is 0.0897 e. The van der Waals surface area contributed by atoms with Crippen molar-refractivity contribution in [3.8, 4) is 0 Å². The molecule has 0 radical (unpaired) electrons. The maximum absolute atomic E-state index is 5.67. The zero-order chi connectivity index (χ0) is 13.9. The Balaban J connectivity index is 2.29. The van der Waals surface area contributed by atoms with Gasteiger partial charge in [-0.3, -0.25) is 0 Å². The first kappa shape index (κ1) is 16.6. The molecule has 110 valence electrons. The number of thiazole rings is 1. The van der Waals surface area contributed by atoms with Gasteiger partial charge in [-0.25, -0.2) is 4.98 Å². The average Bonchev–Trinajstić information content (AvgIpc) is 2.81. The van der Waals surface area contributed by atoms with E-state index < -0.39 is 0 Å². The predicted molar refractivity (Wildman–Crippen MR) is 83.0 cm³/mol. The molecule has 1 heterocycles. The Morgan fingerprint density at radius 2 is 2.16 bits per heavy atom. The third-order valence-electron chi connectivity index (χ3n) is 3.06. The number of ether oxygens (including phenoxy) is 1. The highest BCUT2D eigenvalue weighted by Crippen LogP contribution is 2.11. The van der Waals surface area contributed by atoms with Crippen LogP contribution in [0.4, 0.5) is 0 Å². The number of aromatic nitrogens is 1. The second kappa shape index (κ2) is 10.4. The summed E-state index contributed by atoms with van der Waals surface area (Å²) in [7, 11) is 0. The Hall–Kier alpha value is -0.450. The molecular formula is C15H28N2OS. The van der Waals surface area contributed by atoms with E-state index in [1.807, 2.05) is 0 Å². The fraction of sp³-hybridized carbons (Fsp3) is 0.800. The molecule has 0 aliphatic heterocycles. The van der Waals surface area contributed by atoms with Crippen molar-refractivity contribution in [1.82, 2.24) is 10.3 Å². The summed E-state index contributed by atoms with van der Waals surface area (Å²) < 4.78 is 5.67. The summed E-state index contributed by atoms with van der Waals surface area (Å²) in [4.78, 5) is 4.55. The van der Waals surface area contributed by atoms with Crippen LogP contribution < -0.4 is 5.32 Å². The van der Waals surface area contributed by atoms with E-state index in [0.29, 0.717) is 6.04 Å². The molecule has 0 fully saturated rings. The SMILES string of the molecule is CCCCOCCC(Cc1csc(C)n1)NCCC. The van der Waals surface area contributed by atoms with Crippen molar-refractivity contribution in [3.63, 3.8) is 0 Å². The zero-order valence-corrected chi connectivity index (χ0v) is 13.4. The standard InChI is InChI=1S/C15H28N2OS/c1-4-6-9-18-10-7-14(16-8-5-2)11-15-12-19-13(3)17-15/h12,14,16H,4-11H2,1-3H3.